The van der Waals surface area contributed by atoms with Crippen LogP contribution in [0.1, 0.15) is 24.8 Å². The van der Waals surface area contributed by atoms with Gasteiger partial charge in [-0.3, -0.25) is 4.79 Å². The van der Waals surface area contributed by atoms with Crippen molar-refractivity contribution in [3.63, 3.8) is 0 Å². The molecule has 2 aliphatic rings. The van der Waals surface area contributed by atoms with E-state index in [1.54, 1.807) is 18.2 Å². The zero-order valence-electron chi connectivity index (χ0n) is 13.6. The van der Waals surface area contributed by atoms with E-state index in [-0.39, 0.29) is 24.0 Å². The number of nitrogens with zero attached hydrogens (tertiary/aromatic N) is 1. The molecule has 3 unspecified atom stereocenters. The summed E-state index contributed by atoms with van der Waals surface area (Å²) in [6.07, 6.45) is 3.07. The molecule has 5 heteroatoms. The first kappa shape index (κ1) is 15.7. The Morgan fingerprint density at radius 3 is 2.72 bits per heavy atom. The maximum Gasteiger partial charge on any atom is 0.230 e. The van der Waals surface area contributed by atoms with Crippen LogP contribution in [0.4, 0.5) is 5.69 Å². The third-order valence-electron chi connectivity index (χ3n) is 4.78. The molecule has 2 fully saturated rings. The Hall–Kier alpha value is -2.84. The van der Waals surface area contributed by atoms with Crippen LogP contribution in [-0.4, -0.2) is 18.1 Å². The molecule has 25 heavy (non-hydrogen) atoms. The molecule has 3 atom stereocenters. The van der Waals surface area contributed by atoms with Gasteiger partial charge in [0.05, 0.1) is 23.7 Å². The molecule has 0 aromatic heterocycles. The predicted octanol–water partition coefficient (Wildman–Crippen LogP) is 3.86. The number of hydrogen-bond acceptors (Lipinski definition) is 4. The fourth-order valence-corrected chi connectivity index (χ4v) is 3.55. The van der Waals surface area contributed by atoms with Crippen LogP contribution in [0, 0.1) is 17.2 Å². The quantitative estimate of drug-likeness (QED) is 0.922. The standard InChI is InChI=1S/C20H18N2O3/c21-12-13-10-14(6-8-18(13)24-15-4-2-1-3-5-15)22-20(23)17-11-16-7-9-19(17)25-16/h1-6,8,10,16-17,19H,7,9,11H2,(H,22,23). The molecule has 1 N–H and O–H groups in total. The van der Waals surface area contributed by atoms with Crippen LogP contribution in [0.5, 0.6) is 11.5 Å². The molecular weight excluding hydrogens is 316 g/mol. The first-order valence-electron chi connectivity index (χ1n) is 8.46. The molecule has 4 rings (SSSR count). The minimum atomic E-state index is -0.0930. The molecule has 2 aromatic rings. The van der Waals surface area contributed by atoms with Crippen molar-refractivity contribution in [2.45, 2.75) is 31.5 Å². The van der Waals surface area contributed by atoms with Crippen molar-refractivity contribution >= 4 is 11.6 Å². The van der Waals surface area contributed by atoms with Crippen molar-refractivity contribution in [1.29, 1.82) is 5.26 Å². The molecule has 0 radical (unpaired) electrons. The second kappa shape index (κ2) is 6.58. The molecule has 2 aromatic carbocycles. The zero-order chi connectivity index (χ0) is 17.2. The van der Waals surface area contributed by atoms with Gasteiger partial charge < -0.3 is 14.8 Å². The van der Waals surface area contributed by atoms with Crippen LogP contribution >= 0.6 is 0 Å². The van der Waals surface area contributed by atoms with Crippen molar-refractivity contribution in [2.75, 3.05) is 5.32 Å². The third-order valence-corrected chi connectivity index (χ3v) is 4.78. The summed E-state index contributed by atoms with van der Waals surface area (Å²) < 4.78 is 11.5. The minimum absolute atomic E-state index is 0.0344. The smallest absolute Gasteiger partial charge is 0.230 e. The first-order valence-corrected chi connectivity index (χ1v) is 8.46. The number of carbonyl (C=O) groups is 1. The third kappa shape index (κ3) is 3.21. The van der Waals surface area contributed by atoms with Gasteiger partial charge in [0.25, 0.3) is 0 Å². The topological polar surface area (TPSA) is 71.4 Å². The number of amides is 1. The zero-order valence-corrected chi connectivity index (χ0v) is 13.6. The lowest BCUT2D eigenvalue weighted by Crippen LogP contribution is -2.30. The van der Waals surface area contributed by atoms with Crippen LogP contribution in [0.15, 0.2) is 48.5 Å². The number of carbonyl (C=O) groups excluding carboxylic acids is 1. The summed E-state index contributed by atoms with van der Waals surface area (Å²) in [5, 5.41) is 12.3. The summed E-state index contributed by atoms with van der Waals surface area (Å²) in [6.45, 7) is 0. The van der Waals surface area contributed by atoms with Gasteiger partial charge in [-0.25, -0.2) is 0 Å². The molecule has 2 heterocycles. The Bertz CT molecular complexity index is 829. The van der Waals surface area contributed by atoms with E-state index in [1.807, 2.05) is 30.3 Å². The average Bonchev–Trinajstić information content (AvgIpc) is 3.27. The SMILES string of the molecule is N#Cc1cc(NC(=O)C2CC3CCC2O3)ccc1Oc1ccccc1. The Labute approximate surface area is 146 Å². The number of anilines is 1. The molecule has 2 saturated heterocycles. The number of ether oxygens (including phenoxy) is 2. The van der Waals surface area contributed by atoms with E-state index >= 15 is 0 Å². The molecule has 0 spiro atoms. The minimum Gasteiger partial charge on any atom is -0.456 e. The highest BCUT2D eigenvalue weighted by molar-refractivity contribution is 5.93. The van der Waals surface area contributed by atoms with E-state index in [4.69, 9.17) is 9.47 Å². The Balaban J connectivity index is 1.48. The summed E-state index contributed by atoms with van der Waals surface area (Å²) in [5.74, 6) is 1.00. The molecule has 0 aliphatic carbocycles. The van der Waals surface area contributed by atoms with Gasteiger partial charge >= 0.3 is 0 Å². The number of benzene rings is 2. The van der Waals surface area contributed by atoms with Crippen molar-refractivity contribution in [3.8, 4) is 17.6 Å². The predicted molar refractivity (Wildman–Crippen MR) is 92.3 cm³/mol. The van der Waals surface area contributed by atoms with Crippen molar-refractivity contribution in [2.24, 2.45) is 5.92 Å². The summed E-state index contributed by atoms with van der Waals surface area (Å²) in [6, 6.07) is 16.5. The largest absolute Gasteiger partial charge is 0.456 e. The van der Waals surface area contributed by atoms with E-state index in [2.05, 4.69) is 11.4 Å². The van der Waals surface area contributed by atoms with Crippen molar-refractivity contribution in [1.82, 2.24) is 0 Å². The van der Waals surface area contributed by atoms with Gasteiger partial charge in [0.15, 0.2) is 0 Å². The summed E-state index contributed by atoms with van der Waals surface area (Å²) >= 11 is 0. The highest BCUT2D eigenvalue weighted by atomic mass is 16.5. The normalized spacial score (nSPS) is 23.9. The number of rotatable bonds is 4. The second-order valence-corrected chi connectivity index (χ2v) is 6.44. The molecule has 5 nitrogen and oxygen atoms in total. The lowest BCUT2D eigenvalue weighted by molar-refractivity contribution is -0.121. The van der Waals surface area contributed by atoms with Crippen LogP contribution in [0.2, 0.25) is 0 Å². The van der Waals surface area contributed by atoms with Gasteiger partial charge in [-0.05, 0) is 49.6 Å². The van der Waals surface area contributed by atoms with Gasteiger partial charge in [-0.1, -0.05) is 18.2 Å². The summed E-state index contributed by atoms with van der Waals surface area (Å²) in [5.41, 5.74) is 0.982. The molecule has 126 valence electrons. The van der Waals surface area contributed by atoms with Crippen LogP contribution in [-0.2, 0) is 9.53 Å². The molecule has 1 amide bonds. The molecule has 0 saturated carbocycles. The van der Waals surface area contributed by atoms with Crippen LogP contribution in [0.25, 0.3) is 0 Å². The van der Waals surface area contributed by atoms with E-state index < -0.39 is 0 Å². The van der Waals surface area contributed by atoms with Gasteiger partial charge in [0.1, 0.15) is 17.6 Å². The second-order valence-electron chi connectivity index (χ2n) is 6.44. The summed E-state index contributed by atoms with van der Waals surface area (Å²) in [4.78, 5) is 12.5. The fourth-order valence-electron chi connectivity index (χ4n) is 3.55. The highest BCUT2D eigenvalue weighted by Crippen LogP contribution is 2.39. The maximum atomic E-state index is 12.5. The fraction of sp³-hybridized carbons (Fsp3) is 0.300. The number of fused-ring (bicyclic) bond motifs is 2. The first-order chi connectivity index (χ1) is 12.2. The number of nitrogens with one attached hydrogen (secondary N) is 1. The molecule has 2 bridgehead atoms. The van der Waals surface area contributed by atoms with Crippen LogP contribution < -0.4 is 10.1 Å². The molecule has 2 aliphatic heterocycles. The monoisotopic (exact) mass is 334 g/mol. The highest BCUT2D eigenvalue weighted by Gasteiger charge is 2.44. The lowest BCUT2D eigenvalue weighted by Gasteiger charge is -2.18. The summed E-state index contributed by atoms with van der Waals surface area (Å²) in [7, 11) is 0. The number of para-hydroxylation sites is 1. The van der Waals surface area contributed by atoms with Gasteiger partial charge in [-0.2, -0.15) is 5.26 Å². The van der Waals surface area contributed by atoms with Gasteiger partial charge in [0, 0.05) is 5.69 Å². The maximum absolute atomic E-state index is 12.5. The molecular formula is C20H18N2O3. The Morgan fingerprint density at radius 1 is 1.20 bits per heavy atom. The number of hydrogen-bond donors (Lipinski definition) is 1. The average molecular weight is 334 g/mol. The Kier molecular flexibility index (Phi) is 4.12. The van der Waals surface area contributed by atoms with E-state index in [9.17, 15) is 10.1 Å². The lowest BCUT2D eigenvalue weighted by atomic mass is 9.88. The van der Waals surface area contributed by atoms with Crippen molar-refractivity contribution < 1.29 is 14.3 Å². The van der Waals surface area contributed by atoms with E-state index in [0.717, 1.165) is 19.3 Å². The van der Waals surface area contributed by atoms with E-state index in [1.165, 1.54) is 0 Å². The van der Waals surface area contributed by atoms with Crippen LogP contribution in [0.3, 0.4) is 0 Å². The van der Waals surface area contributed by atoms with Gasteiger partial charge in [0.2, 0.25) is 5.91 Å². The van der Waals surface area contributed by atoms with Crippen molar-refractivity contribution in [3.05, 3.63) is 54.1 Å². The van der Waals surface area contributed by atoms with Gasteiger partial charge in [-0.15, -0.1) is 0 Å². The van der Waals surface area contributed by atoms with E-state index in [0.29, 0.717) is 22.7 Å². The number of nitriles is 1. The Morgan fingerprint density at radius 2 is 2.04 bits per heavy atom.